The summed E-state index contributed by atoms with van der Waals surface area (Å²) in [5.41, 5.74) is 7.61. The summed E-state index contributed by atoms with van der Waals surface area (Å²) in [6.45, 7) is 0.351. The first-order valence-electron chi connectivity index (χ1n) is 12.0. The Bertz CT molecular complexity index is 1540. The second-order valence-electron chi connectivity index (χ2n) is 9.02. The number of carbonyl (C=O) groups excluding carboxylic acids is 2. The van der Waals surface area contributed by atoms with Crippen molar-refractivity contribution in [2.24, 2.45) is 0 Å². The Morgan fingerprint density at radius 2 is 1.90 bits per heavy atom. The van der Waals surface area contributed by atoms with E-state index in [0.29, 0.717) is 35.5 Å². The van der Waals surface area contributed by atoms with Gasteiger partial charge in [-0.05, 0) is 49.2 Å². The number of amides is 2. The summed E-state index contributed by atoms with van der Waals surface area (Å²) in [6, 6.07) is 7.78. The van der Waals surface area contributed by atoms with Gasteiger partial charge in [-0.1, -0.05) is 0 Å². The molecule has 11 nitrogen and oxygen atoms in total. The van der Waals surface area contributed by atoms with Crippen LogP contribution in [0.2, 0.25) is 0 Å². The lowest BCUT2D eigenvalue weighted by molar-refractivity contribution is -0.137. The van der Waals surface area contributed by atoms with E-state index in [4.69, 9.17) is 10.8 Å². The number of halogens is 3. The van der Waals surface area contributed by atoms with E-state index < -0.39 is 24.3 Å². The third-order valence-electron chi connectivity index (χ3n) is 6.51. The Kier molecular flexibility index (Phi) is 6.87. The Balaban J connectivity index is 1.43. The number of pyridine rings is 1. The van der Waals surface area contributed by atoms with Crippen LogP contribution >= 0.6 is 0 Å². The minimum Gasteiger partial charge on any atom is -0.387 e. The van der Waals surface area contributed by atoms with Gasteiger partial charge in [0, 0.05) is 30.8 Å². The zero-order valence-electron chi connectivity index (χ0n) is 20.4. The molecule has 1 aromatic carbocycles. The molecular weight excluding hydrogens is 517 g/mol. The molecule has 0 radical (unpaired) electrons. The van der Waals surface area contributed by atoms with Crippen LogP contribution in [-0.4, -0.2) is 66.2 Å². The summed E-state index contributed by atoms with van der Waals surface area (Å²) in [5.74, 6) is -1.18. The van der Waals surface area contributed by atoms with Gasteiger partial charge in [-0.3, -0.25) is 9.59 Å². The monoisotopic (exact) mass is 540 g/mol. The van der Waals surface area contributed by atoms with Crippen molar-refractivity contribution in [1.82, 2.24) is 29.6 Å². The molecule has 5 rings (SSSR count). The smallest absolute Gasteiger partial charge is 0.387 e. The molecule has 202 valence electrons. The molecule has 1 aliphatic rings. The molecule has 0 bridgehead atoms. The Morgan fingerprint density at radius 1 is 1.13 bits per heavy atom. The summed E-state index contributed by atoms with van der Waals surface area (Å²) in [5, 5.41) is 16.4. The number of alkyl halides is 3. The van der Waals surface area contributed by atoms with Crippen LogP contribution in [0.4, 0.5) is 24.8 Å². The quantitative estimate of drug-likeness (QED) is 0.350. The third kappa shape index (κ3) is 5.23. The van der Waals surface area contributed by atoms with Crippen molar-refractivity contribution in [2.45, 2.75) is 24.9 Å². The number of likely N-dealkylation sites (tertiary alicyclic amines) is 1. The van der Waals surface area contributed by atoms with Crippen LogP contribution in [0.15, 0.2) is 48.9 Å². The number of aromatic nitrogens is 5. The van der Waals surface area contributed by atoms with Crippen molar-refractivity contribution >= 4 is 34.5 Å². The maximum atomic E-state index is 13.0. The highest BCUT2D eigenvalue weighted by Crippen LogP contribution is 2.33. The fraction of sp³-hybridized carbons (Fsp3) is 0.280. The molecule has 1 unspecified atom stereocenters. The van der Waals surface area contributed by atoms with Gasteiger partial charge in [0.1, 0.15) is 29.8 Å². The lowest BCUT2D eigenvalue weighted by Gasteiger charge is -2.31. The average Bonchev–Trinajstić information content (AvgIpc) is 3.33. The minimum absolute atomic E-state index is 0.141. The number of anilines is 2. The summed E-state index contributed by atoms with van der Waals surface area (Å²) in [7, 11) is 0. The van der Waals surface area contributed by atoms with Crippen LogP contribution in [0.1, 0.15) is 40.4 Å². The molecule has 0 spiro atoms. The zero-order valence-corrected chi connectivity index (χ0v) is 20.4. The van der Waals surface area contributed by atoms with Crippen molar-refractivity contribution in [3.63, 3.8) is 0 Å². The fourth-order valence-electron chi connectivity index (χ4n) is 4.60. The number of hydrogen-bond acceptors (Lipinski definition) is 8. The minimum atomic E-state index is -4.56. The van der Waals surface area contributed by atoms with E-state index in [0.717, 1.165) is 31.2 Å². The maximum Gasteiger partial charge on any atom is 0.416 e. The van der Waals surface area contributed by atoms with Crippen molar-refractivity contribution in [2.75, 3.05) is 30.7 Å². The number of aliphatic hydroxyl groups is 1. The molecule has 39 heavy (non-hydrogen) atoms. The Hall–Kier alpha value is -4.59. The SMILES string of the molecule is Nc1ncnc2c(C3CCCN(C(=O)CO)C3)nn(-c3ccc(C(=O)Nc4cc(C(F)(F)F)ccn4)cc3)c12. The highest BCUT2D eigenvalue weighted by molar-refractivity contribution is 6.04. The second kappa shape index (κ2) is 10.3. The Labute approximate surface area is 219 Å². The van der Waals surface area contributed by atoms with Crippen LogP contribution in [-0.2, 0) is 11.0 Å². The molecule has 0 aliphatic carbocycles. The molecule has 0 saturated carbocycles. The fourth-order valence-corrected chi connectivity index (χ4v) is 4.60. The van der Waals surface area contributed by atoms with Gasteiger partial charge in [-0.15, -0.1) is 0 Å². The van der Waals surface area contributed by atoms with Crippen molar-refractivity contribution < 1.29 is 27.9 Å². The third-order valence-corrected chi connectivity index (χ3v) is 6.51. The van der Waals surface area contributed by atoms with E-state index in [1.54, 1.807) is 21.7 Å². The van der Waals surface area contributed by atoms with Gasteiger partial charge in [0.2, 0.25) is 5.91 Å². The number of carbonyl (C=O) groups is 2. The van der Waals surface area contributed by atoms with Gasteiger partial charge in [0.25, 0.3) is 5.91 Å². The van der Waals surface area contributed by atoms with Gasteiger partial charge in [-0.25, -0.2) is 19.6 Å². The summed E-state index contributed by atoms with van der Waals surface area (Å²) >= 11 is 0. The summed E-state index contributed by atoms with van der Waals surface area (Å²) < 4.78 is 40.5. The number of benzene rings is 1. The molecular formula is C25H23F3N8O3. The molecule has 1 saturated heterocycles. The summed E-state index contributed by atoms with van der Waals surface area (Å²) in [4.78, 5) is 38.6. The predicted octanol–water partition coefficient (Wildman–Crippen LogP) is 2.76. The number of rotatable bonds is 5. The van der Waals surface area contributed by atoms with E-state index in [-0.39, 0.29) is 29.0 Å². The largest absolute Gasteiger partial charge is 0.416 e. The van der Waals surface area contributed by atoms with Gasteiger partial charge in [-0.2, -0.15) is 18.3 Å². The molecule has 4 aromatic rings. The molecule has 1 atom stereocenters. The first-order chi connectivity index (χ1) is 18.7. The van der Waals surface area contributed by atoms with Crippen molar-refractivity contribution in [3.8, 4) is 5.69 Å². The first kappa shape index (κ1) is 26.0. The van der Waals surface area contributed by atoms with E-state index >= 15 is 0 Å². The molecule has 4 N–H and O–H groups in total. The van der Waals surface area contributed by atoms with E-state index in [9.17, 15) is 27.9 Å². The van der Waals surface area contributed by atoms with Gasteiger partial charge in [0.15, 0.2) is 5.82 Å². The number of fused-ring (bicyclic) bond motifs is 1. The molecule has 14 heteroatoms. The summed E-state index contributed by atoms with van der Waals surface area (Å²) in [6.07, 6.45) is -0.767. The number of nitrogens with zero attached hydrogens (tertiary/aromatic N) is 6. The molecule has 4 heterocycles. The number of nitrogen functional groups attached to an aromatic ring is 1. The maximum absolute atomic E-state index is 13.0. The number of aliphatic hydroxyl groups excluding tert-OH is 1. The van der Waals surface area contributed by atoms with Gasteiger partial charge < -0.3 is 21.1 Å². The lowest BCUT2D eigenvalue weighted by atomic mass is 9.94. The molecule has 2 amide bonds. The predicted molar refractivity (Wildman–Crippen MR) is 134 cm³/mol. The standard InChI is InChI=1S/C25H23F3N8O3/c26-25(27,28)16-7-8-30-18(10-16)33-24(39)14-3-5-17(6-4-14)36-22-21(31-13-32-23(22)29)20(34-36)15-2-1-9-35(11-15)19(38)12-37/h3-8,10,13,15,37H,1-2,9,11-12H2,(H2,29,31,32)(H,30,33,39). The van der Waals surface area contributed by atoms with Crippen LogP contribution < -0.4 is 11.1 Å². The van der Waals surface area contributed by atoms with Gasteiger partial charge in [0.05, 0.1) is 16.9 Å². The normalized spacial score (nSPS) is 15.9. The first-order valence-corrected chi connectivity index (χ1v) is 12.0. The molecule has 3 aromatic heterocycles. The number of hydrogen-bond donors (Lipinski definition) is 3. The lowest BCUT2D eigenvalue weighted by Crippen LogP contribution is -2.40. The average molecular weight is 541 g/mol. The van der Waals surface area contributed by atoms with E-state index in [1.165, 1.54) is 18.5 Å². The van der Waals surface area contributed by atoms with Crippen LogP contribution in [0.5, 0.6) is 0 Å². The van der Waals surface area contributed by atoms with Gasteiger partial charge >= 0.3 is 6.18 Å². The number of nitrogens with two attached hydrogens (primary N) is 1. The van der Waals surface area contributed by atoms with Crippen molar-refractivity contribution in [1.29, 1.82) is 0 Å². The molecule has 1 aliphatic heterocycles. The Morgan fingerprint density at radius 3 is 2.62 bits per heavy atom. The highest BCUT2D eigenvalue weighted by atomic mass is 19.4. The number of piperidine rings is 1. The van der Waals surface area contributed by atoms with Crippen LogP contribution in [0, 0.1) is 0 Å². The zero-order chi connectivity index (χ0) is 27.7. The van der Waals surface area contributed by atoms with Crippen molar-refractivity contribution in [3.05, 3.63) is 65.7 Å². The topological polar surface area (TPSA) is 152 Å². The van der Waals surface area contributed by atoms with E-state index in [1.807, 2.05) is 0 Å². The highest BCUT2D eigenvalue weighted by Gasteiger charge is 2.31. The van der Waals surface area contributed by atoms with E-state index in [2.05, 4.69) is 20.3 Å². The van der Waals surface area contributed by atoms with Crippen LogP contribution in [0.3, 0.4) is 0 Å². The van der Waals surface area contributed by atoms with Crippen LogP contribution in [0.25, 0.3) is 16.7 Å². The second-order valence-corrected chi connectivity index (χ2v) is 9.02. The number of nitrogens with one attached hydrogen (secondary N) is 1. The molecule has 1 fully saturated rings.